The van der Waals surface area contributed by atoms with Crippen molar-refractivity contribution < 1.29 is 21.4 Å². The Hall–Kier alpha value is 0.621. The van der Waals surface area contributed by atoms with Crippen LogP contribution in [0, 0.1) is 35.0 Å². The molecule has 0 unspecified atom stereocenters. The summed E-state index contributed by atoms with van der Waals surface area (Å²) in [6.45, 7) is 17.7. The molecule has 0 heterocycles. The summed E-state index contributed by atoms with van der Waals surface area (Å²) in [6.07, 6.45) is 0. The van der Waals surface area contributed by atoms with Crippen molar-refractivity contribution in [3.8, 4) is 0 Å². The number of hydrogen-bond acceptors (Lipinski definition) is 0. The summed E-state index contributed by atoms with van der Waals surface area (Å²) in [7, 11) is 7.80. The quantitative estimate of drug-likeness (QED) is 0.428. The zero-order chi connectivity index (χ0) is 20.3. The molecule has 2 rings (SSSR count). The third-order valence-corrected chi connectivity index (χ3v) is 7.56. The fourth-order valence-corrected chi connectivity index (χ4v) is 7.51. The third-order valence-electron chi connectivity index (χ3n) is 4.48. The molecule has 1 fully saturated rings. The van der Waals surface area contributed by atoms with Gasteiger partial charge in [0.2, 0.25) is 0 Å². The normalized spacial score (nSPS) is 18.7. The Labute approximate surface area is 177 Å². The molecule has 1 aromatic carbocycles. The van der Waals surface area contributed by atoms with Gasteiger partial charge in [-0.1, -0.05) is 75.0 Å². The molecule has 1 saturated carbocycles. The minimum absolute atomic E-state index is 0.0543. The van der Waals surface area contributed by atoms with Crippen molar-refractivity contribution in [2.24, 2.45) is 0 Å². The van der Waals surface area contributed by atoms with Gasteiger partial charge >= 0.3 is 35.6 Å². The topological polar surface area (TPSA) is 14.1 Å². The fraction of sp³-hybridized carbons (Fsp3) is 0.450. The number of hydrogen-bond donors (Lipinski definition) is 0. The average Bonchev–Trinajstić information content (AvgIpc) is 2.71. The van der Waals surface area contributed by atoms with E-state index in [1.807, 2.05) is 12.1 Å². The first-order valence-corrected chi connectivity index (χ1v) is 15.8. The van der Waals surface area contributed by atoms with Crippen LogP contribution in [-0.2, 0) is 17.0 Å². The van der Waals surface area contributed by atoms with Crippen LogP contribution in [0.5, 0.6) is 0 Å². The zero-order valence-electron chi connectivity index (χ0n) is 16.9. The van der Waals surface area contributed by atoms with Gasteiger partial charge in [-0.3, -0.25) is 0 Å². The predicted octanol–water partition coefficient (Wildman–Crippen LogP) is 7.41. The molecule has 0 spiro atoms. The van der Waals surface area contributed by atoms with Crippen LogP contribution in [0.15, 0.2) is 24.3 Å². The molecule has 0 aliphatic heterocycles. The Morgan fingerprint density at radius 1 is 0.923 bits per heavy atom. The van der Waals surface area contributed by atoms with E-state index in [0.717, 1.165) is 5.56 Å². The Balaban J connectivity index is 0.00000105. The molecule has 6 heteroatoms. The van der Waals surface area contributed by atoms with Gasteiger partial charge in [-0.15, -0.1) is 5.54 Å². The van der Waals surface area contributed by atoms with E-state index in [1.165, 1.54) is 29.2 Å². The molecular formula is C20H28Cl2FNSiTi-. The summed E-state index contributed by atoms with van der Waals surface area (Å²) in [5.41, 5.74) is 2.44. The van der Waals surface area contributed by atoms with Crippen LogP contribution in [-0.4, -0.2) is 13.8 Å². The molecule has 26 heavy (non-hydrogen) atoms. The second kappa shape index (κ2) is 9.89. The Morgan fingerprint density at radius 2 is 1.38 bits per heavy atom. The van der Waals surface area contributed by atoms with Crippen molar-refractivity contribution in [1.29, 1.82) is 0 Å². The zero-order valence-corrected chi connectivity index (χ0v) is 21.0. The van der Waals surface area contributed by atoms with Crippen molar-refractivity contribution in [3.63, 3.8) is 0 Å². The predicted molar refractivity (Wildman–Crippen MR) is 111 cm³/mol. The van der Waals surface area contributed by atoms with Gasteiger partial charge in [0.05, 0.1) is 0 Å². The molecule has 0 saturated heterocycles. The van der Waals surface area contributed by atoms with E-state index in [-0.39, 0.29) is 11.4 Å². The summed E-state index contributed by atoms with van der Waals surface area (Å²) in [5, 5.41) is 0. The summed E-state index contributed by atoms with van der Waals surface area (Å²) >= 11 is -0.556. The molecular weight excluding hydrogens is 420 g/mol. The Bertz CT molecular complexity index is 562. The van der Waals surface area contributed by atoms with Gasteiger partial charge in [0, 0.05) is 5.92 Å². The van der Waals surface area contributed by atoms with E-state index in [4.69, 9.17) is 23.6 Å². The first-order valence-electron chi connectivity index (χ1n) is 8.59. The van der Waals surface area contributed by atoms with E-state index >= 15 is 0 Å². The van der Waals surface area contributed by atoms with Crippen molar-refractivity contribution in [3.05, 3.63) is 69.8 Å². The first kappa shape index (κ1) is 24.7. The molecule has 0 aromatic heterocycles. The van der Waals surface area contributed by atoms with Gasteiger partial charge in [0.25, 0.3) is 0 Å². The standard InChI is InChI=1S/C20H28FNSi.2ClH.Ti/c1-13-14(2)18(16-9-11-17(21)12-10-16)19(15(13)3)23(7,8)22-20(4,5)6;;;/h9-12H,1-8H3;2*1H;/q-1;;;+2/p-2. The molecule has 5 radical (unpaired) electrons. The van der Waals surface area contributed by atoms with Crippen LogP contribution in [0.2, 0.25) is 13.1 Å². The fourth-order valence-electron chi connectivity index (χ4n) is 3.67. The summed E-state index contributed by atoms with van der Waals surface area (Å²) in [4.78, 5) is 5.20. The molecule has 0 amide bonds. The van der Waals surface area contributed by atoms with E-state index in [9.17, 15) is 4.39 Å². The molecule has 1 aliphatic rings. The molecule has 1 aliphatic carbocycles. The second-order valence-corrected chi connectivity index (χ2v) is 14.5. The molecule has 0 bridgehead atoms. The number of rotatable bonds is 3. The van der Waals surface area contributed by atoms with Crippen LogP contribution in [0.3, 0.4) is 0 Å². The van der Waals surface area contributed by atoms with Crippen molar-refractivity contribution in [1.82, 2.24) is 0 Å². The molecule has 0 atom stereocenters. The van der Waals surface area contributed by atoms with Crippen molar-refractivity contribution in [2.75, 3.05) is 0 Å². The number of benzene rings is 1. The average molecular weight is 448 g/mol. The second-order valence-electron chi connectivity index (χ2n) is 8.04. The van der Waals surface area contributed by atoms with Crippen molar-refractivity contribution >= 4 is 26.8 Å². The van der Waals surface area contributed by atoms with E-state index in [0.29, 0.717) is 0 Å². The maximum absolute atomic E-state index is 13.3. The van der Waals surface area contributed by atoms with Crippen LogP contribution in [0.1, 0.15) is 47.1 Å². The summed E-state index contributed by atoms with van der Waals surface area (Å²) in [6, 6.07) is 6.88. The van der Waals surface area contributed by atoms with E-state index in [2.05, 4.69) is 54.6 Å². The molecule has 1 aromatic rings. The molecule has 143 valence electrons. The van der Waals surface area contributed by atoms with Gasteiger partial charge in [-0.25, -0.2) is 4.39 Å². The van der Waals surface area contributed by atoms with Gasteiger partial charge in [0.15, 0.2) is 0 Å². The summed E-state index contributed by atoms with van der Waals surface area (Å²) in [5.74, 6) is 5.07. The minimum atomic E-state index is -1.98. The Kier molecular flexibility index (Phi) is 9.38. The van der Waals surface area contributed by atoms with E-state index in [1.54, 1.807) is 12.1 Å². The first-order chi connectivity index (χ1) is 11.9. The molecule has 0 N–H and O–H groups in total. The van der Waals surface area contributed by atoms with Gasteiger partial charge in [-0.2, -0.15) is 0 Å². The van der Waals surface area contributed by atoms with Gasteiger partial charge in [-0.05, 0) is 41.0 Å². The maximum atomic E-state index is 13.3. The van der Waals surface area contributed by atoms with Crippen LogP contribution >= 0.6 is 18.6 Å². The SMILES string of the molecule is C[C]1[C](C)[C](c2ccc(F)cc2)[C]([Si](C)(C)[N-]C(C)(C)C)[C]1C.[Cl][Ti][Cl]. The molecule has 1 nitrogen and oxygen atoms in total. The van der Waals surface area contributed by atoms with E-state index < -0.39 is 25.3 Å². The van der Waals surface area contributed by atoms with Crippen molar-refractivity contribution in [2.45, 2.75) is 60.2 Å². The number of nitrogens with zero attached hydrogens (tertiary/aromatic N) is 1. The van der Waals surface area contributed by atoms with Crippen LogP contribution in [0.25, 0.3) is 4.98 Å². The van der Waals surface area contributed by atoms with Gasteiger partial charge < -0.3 is 4.98 Å². The Morgan fingerprint density at radius 3 is 1.81 bits per heavy atom. The monoisotopic (exact) mass is 447 g/mol. The third kappa shape index (κ3) is 6.32. The van der Waals surface area contributed by atoms with Crippen LogP contribution in [0.4, 0.5) is 4.39 Å². The number of halogens is 3. The van der Waals surface area contributed by atoms with Crippen LogP contribution < -0.4 is 0 Å². The summed E-state index contributed by atoms with van der Waals surface area (Å²) < 4.78 is 13.3. The van der Waals surface area contributed by atoms with Gasteiger partial charge in [0.1, 0.15) is 5.82 Å².